The van der Waals surface area contributed by atoms with Crippen molar-refractivity contribution in [1.29, 1.82) is 0 Å². The predicted molar refractivity (Wildman–Crippen MR) is 94.1 cm³/mol. The van der Waals surface area contributed by atoms with E-state index in [0.717, 1.165) is 48.3 Å². The largest absolute Gasteiger partial charge is 0.433 e. The van der Waals surface area contributed by atoms with Crippen molar-refractivity contribution in [3.63, 3.8) is 0 Å². The molecule has 0 spiro atoms. The van der Waals surface area contributed by atoms with Gasteiger partial charge in [0.2, 0.25) is 5.95 Å². The van der Waals surface area contributed by atoms with Gasteiger partial charge in [0.05, 0.1) is 18.8 Å². The number of fused-ring (bicyclic) bond motifs is 1. The summed E-state index contributed by atoms with van der Waals surface area (Å²) in [6, 6.07) is 10.8. The quantitative estimate of drug-likeness (QED) is 0.744. The fraction of sp³-hybridized carbons (Fsp3) is 0.316. The van der Waals surface area contributed by atoms with Crippen molar-refractivity contribution < 1.29 is 13.2 Å². The first-order valence-corrected chi connectivity index (χ1v) is 8.76. The monoisotopic (exact) mass is 373 g/mol. The highest BCUT2D eigenvalue weighted by Gasteiger charge is 2.33. The third kappa shape index (κ3) is 3.79. The molecule has 2 aromatic heterocycles. The molecule has 1 aromatic carbocycles. The molecule has 0 fully saturated rings. The first-order valence-electron chi connectivity index (χ1n) is 8.76. The van der Waals surface area contributed by atoms with Gasteiger partial charge in [0, 0.05) is 17.5 Å². The van der Waals surface area contributed by atoms with E-state index in [1.807, 2.05) is 35.0 Å². The molecule has 0 amide bonds. The zero-order chi connectivity index (χ0) is 18.9. The maximum Gasteiger partial charge on any atom is 0.433 e. The summed E-state index contributed by atoms with van der Waals surface area (Å²) in [5, 5.41) is 7.55. The molecular formula is C19H18F3N5. The van der Waals surface area contributed by atoms with E-state index >= 15 is 0 Å². The van der Waals surface area contributed by atoms with Crippen molar-refractivity contribution in [3.05, 3.63) is 71.3 Å². The van der Waals surface area contributed by atoms with E-state index in [9.17, 15) is 13.2 Å². The highest BCUT2D eigenvalue weighted by Crippen LogP contribution is 2.33. The Morgan fingerprint density at radius 3 is 2.74 bits per heavy atom. The van der Waals surface area contributed by atoms with Crippen molar-refractivity contribution in [2.24, 2.45) is 0 Å². The molecule has 1 atom stereocenters. The van der Waals surface area contributed by atoms with Gasteiger partial charge in [0.1, 0.15) is 5.69 Å². The number of aromatic nitrogens is 4. The zero-order valence-electron chi connectivity index (χ0n) is 14.4. The number of alkyl halides is 3. The maximum atomic E-state index is 12.9. The van der Waals surface area contributed by atoms with Crippen LogP contribution in [-0.4, -0.2) is 19.7 Å². The summed E-state index contributed by atoms with van der Waals surface area (Å²) < 4.78 is 40.6. The van der Waals surface area contributed by atoms with Crippen LogP contribution in [0, 0.1) is 0 Å². The highest BCUT2D eigenvalue weighted by atomic mass is 19.4. The van der Waals surface area contributed by atoms with Crippen LogP contribution in [0.3, 0.4) is 0 Å². The van der Waals surface area contributed by atoms with Gasteiger partial charge >= 0.3 is 6.18 Å². The minimum absolute atomic E-state index is 0.0153. The van der Waals surface area contributed by atoms with E-state index in [-0.39, 0.29) is 12.0 Å². The molecule has 27 heavy (non-hydrogen) atoms. The molecule has 5 nitrogen and oxygen atoms in total. The number of anilines is 1. The molecule has 4 rings (SSSR count). The van der Waals surface area contributed by atoms with E-state index in [0.29, 0.717) is 6.54 Å². The Morgan fingerprint density at radius 2 is 1.96 bits per heavy atom. The third-order valence-electron chi connectivity index (χ3n) is 4.69. The van der Waals surface area contributed by atoms with Gasteiger partial charge in [-0.3, -0.25) is 4.68 Å². The summed E-state index contributed by atoms with van der Waals surface area (Å²) in [5.41, 5.74) is 2.31. The molecule has 1 unspecified atom stereocenters. The van der Waals surface area contributed by atoms with E-state index < -0.39 is 11.9 Å². The Bertz CT molecular complexity index is 921. The smallest absolute Gasteiger partial charge is 0.347 e. The fourth-order valence-corrected chi connectivity index (χ4v) is 3.40. The lowest BCUT2D eigenvalue weighted by Gasteiger charge is -2.24. The van der Waals surface area contributed by atoms with Crippen molar-refractivity contribution in [3.8, 4) is 0 Å². The van der Waals surface area contributed by atoms with E-state index in [1.165, 1.54) is 0 Å². The Labute approximate surface area is 154 Å². The second kappa shape index (κ2) is 7.02. The van der Waals surface area contributed by atoms with Gasteiger partial charge in [0.25, 0.3) is 0 Å². The van der Waals surface area contributed by atoms with Crippen LogP contribution in [0.1, 0.15) is 41.4 Å². The Balaban J connectivity index is 1.56. The van der Waals surface area contributed by atoms with Crippen LogP contribution >= 0.6 is 0 Å². The van der Waals surface area contributed by atoms with Crippen molar-refractivity contribution in [2.75, 3.05) is 5.32 Å². The van der Waals surface area contributed by atoms with Crippen LogP contribution in [0.2, 0.25) is 0 Å². The van der Waals surface area contributed by atoms with Crippen molar-refractivity contribution in [2.45, 2.75) is 38.0 Å². The molecule has 0 saturated heterocycles. The molecule has 3 aromatic rings. The number of halogens is 3. The molecule has 1 N–H and O–H groups in total. The third-order valence-corrected chi connectivity index (χ3v) is 4.69. The summed E-state index contributed by atoms with van der Waals surface area (Å²) in [4.78, 5) is 7.56. The molecule has 0 saturated carbocycles. The van der Waals surface area contributed by atoms with E-state index in [4.69, 9.17) is 0 Å². The van der Waals surface area contributed by atoms with Gasteiger partial charge in [-0.1, -0.05) is 30.3 Å². The summed E-state index contributed by atoms with van der Waals surface area (Å²) in [5.74, 6) is -0.0153. The van der Waals surface area contributed by atoms with E-state index in [2.05, 4.69) is 20.4 Å². The van der Waals surface area contributed by atoms with Crippen LogP contribution in [0.4, 0.5) is 19.1 Å². The molecule has 0 bridgehead atoms. The lowest BCUT2D eigenvalue weighted by atomic mass is 9.93. The summed E-state index contributed by atoms with van der Waals surface area (Å²) in [7, 11) is 0. The Kier molecular flexibility index (Phi) is 4.55. The highest BCUT2D eigenvalue weighted by molar-refractivity contribution is 5.36. The molecule has 0 aliphatic heterocycles. The standard InChI is InChI=1S/C19H18F3N5/c20-19(21,22)17-9-10-23-18(26-17)25-15-7-4-8-16-14(15)11-24-27(16)12-13-5-2-1-3-6-13/h1-3,5-6,9-11,15H,4,7-8,12H2,(H,23,25,26). The molecule has 140 valence electrons. The van der Waals surface area contributed by atoms with Gasteiger partial charge in [0.15, 0.2) is 0 Å². The lowest BCUT2D eigenvalue weighted by Crippen LogP contribution is -2.20. The molecule has 2 heterocycles. The second-order valence-electron chi connectivity index (χ2n) is 6.54. The number of hydrogen-bond acceptors (Lipinski definition) is 4. The van der Waals surface area contributed by atoms with Gasteiger partial charge in [-0.25, -0.2) is 9.97 Å². The van der Waals surface area contributed by atoms with Gasteiger partial charge in [-0.05, 0) is 30.9 Å². The topological polar surface area (TPSA) is 55.6 Å². The zero-order valence-corrected chi connectivity index (χ0v) is 14.4. The maximum absolute atomic E-state index is 12.9. The molecule has 0 radical (unpaired) electrons. The number of benzene rings is 1. The molecular weight excluding hydrogens is 355 g/mol. The fourth-order valence-electron chi connectivity index (χ4n) is 3.40. The second-order valence-corrected chi connectivity index (χ2v) is 6.54. The number of hydrogen-bond donors (Lipinski definition) is 1. The first-order chi connectivity index (χ1) is 13.0. The average molecular weight is 373 g/mol. The normalized spacial score (nSPS) is 16.8. The minimum Gasteiger partial charge on any atom is -0.347 e. The Hall–Kier alpha value is -2.90. The van der Waals surface area contributed by atoms with Gasteiger partial charge in [-0.15, -0.1) is 0 Å². The summed E-state index contributed by atoms with van der Waals surface area (Å²) >= 11 is 0. The SMILES string of the molecule is FC(F)(F)c1ccnc(NC2CCCc3c2cnn3Cc2ccccc2)n1. The average Bonchev–Trinajstić information content (AvgIpc) is 3.06. The molecule has 8 heteroatoms. The van der Waals surface area contributed by atoms with Gasteiger partial charge < -0.3 is 5.32 Å². The number of rotatable bonds is 4. The van der Waals surface area contributed by atoms with Crippen LogP contribution < -0.4 is 5.32 Å². The minimum atomic E-state index is -4.49. The number of nitrogens with zero attached hydrogens (tertiary/aromatic N) is 4. The van der Waals surface area contributed by atoms with Gasteiger partial charge in [-0.2, -0.15) is 18.3 Å². The van der Waals surface area contributed by atoms with Crippen molar-refractivity contribution in [1.82, 2.24) is 19.7 Å². The molecule has 1 aliphatic carbocycles. The van der Waals surface area contributed by atoms with Crippen LogP contribution in [-0.2, 0) is 19.1 Å². The van der Waals surface area contributed by atoms with Crippen molar-refractivity contribution >= 4 is 5.95 Å². The Morgan fingerprint density at radius 1 is 1.15 bits per heavy atom. The van der Waals surface area contributed by atoms with Crippen LogP contribution in [0.15, 0.2) is 48.8 Å². The first kappa shape index (κ1) is 17.5. The summed E-state index contributed by atoms with van der Waals surface area (Å²) in [6.07, 6.45) is 1.04. The number of nitrogens with one attached hydrogen (secondary N) is 1. The lowest BCUT2D eigenvalue weighted by molar-refractivity contribution is -0.141. The van der Waals surface area contributed by atoms with E-state index in [1.54, 1.807) is 6.20 Å². The molecule has 1 aliphatic rings. The predicted octanol–water partition coefficient (Wildman–Crippen LogP) is 4.23. The van der Waals surface area contributed by atoms with Crippen LogP contribution in [0.25, 0.3) is 0 Å². The van der Waals surface area contributed by atoms with Crippen LogP contribution in [0.5, 0.6) is 0 Å². The summed E-state index contributed by atoms with van der Waals surface area (Å²) in [6.45, 7) is 0.670.